The minimum absolute atomic E-state index is 0.113. The number of likely N-dealkylation sites (N-methyl/N-ethyl adjacent to an activating group) is 1. The van der Waals surface area contributed by atoms with Gasteiger partial charge >= 0.3 is 0 Å². The summed E-state index contributed by atoms with van der Waals surface area (Å²) in [6.07, 6.45) is 1.31. The molecule has 1 atom stereocenters. The van der Waals surface area contributed by atoms with Crippen molar-refractivity contribution < 1.29 is 4.79 Å². The molecular formula is C21H30N2OS. The summed E-state index contributed by atoms with van der Waals surface area (Å²) in [5.74, 6) is 0.113. The first-order chi connectivity index (χ1) is 11.8. The van der Waals surface area contributed by atoms with Gasteiger partial charge in [0.2, 0.25) is 5.91 Å². The van der Waals surface area contributed by atoms with Crippen molar-refractivity contribution in [2.24, 2.45) is 0 Å². The van der Waals surface area contributed by atoms with E-state index >= 15 is 0 Å². The Balaban J connectivity index is 1.82. The van der Waals surface area contributed by atoms with E-state index in [1.165, 1.54) is 16.7 Å². The van der Waals surface area contributed by atoms with Gasteiger partial charge in [0, 0.05) is 13.0 Å². The molecule has 0 aliphatic carbocycles. The number of thiophene rings is 1. The highest BCUT2D eigenvalue weighted by atomic mass is 32.1. The van der Waals surface area contributed by atoms with E-state index in [0.717, 1.165) is 6.42 Å². The van der Waals surface area contributed by atoms with Crippen molar-refractivity contribution in [2.45, 2.75) is 45.1 Å². The Bertz CT molecular complexity index is 654. The van der Waals surface area contributed by atoms with Crippen LogP contribution in [0.1, 0.15) is 49.9 Å². The van der Waals surface area contributed by atoms with Gasteiger partial charge in [-0.05, 0) is 59.4 Å². The van der Waals surface area contributed by atoms with Gasteiger partial charge < -0.3 is 10.2 Å². The van der Waals surface area contributed by atoms with Gasteiger partial charge in [-0.3, -0.25) is 4.79 Å². The molecular weight excluding hydrogens is 328 g/mol. The Labute approximate surface area is 156 Å². The van der Waals surface area contributed by atoms with E-state index in [1.54, 1.807) is 11.3 Å². The molecule has 1 aromatic heterocycles. The fourth-order valence-corrected chi connectivity index (χ4v) is 3.50. The van der Waals surface area contributed by atoms with E-state index in [9.17, 15) is 4.79 Å². The molecule has 0 unspecified atom stereocenters. The Hall–Kier alpha value is -1.65. The van der Waals surface area contributed by atoms with E-state index < -0.39 is 0 Å². The number of rotatable bonds is 7. The second kappa shape index (κ2) is 8.63. The van der Waals surface area contributed by atoms with Crippen LogP contribution in [0.4, 0.5) is 0 Å². The van der Waals surface area contributed by atoms with Crippen LogP contribution in [0.25, 0.3) is 0 Å². The largest absolute Gasteiger partial charge is 0.354 e. The SMILES string of the molecule is CN(C)[C@@H](CNC(=O)CCc1ccc(C(C)(C)C)cc1)c1ccsc1. The zero-order chi connectivity index (χ0) is 18.4. The molecule has 2 rings (SSSR count). The van der Waals surface area contributed by atoms with Crippen LogP contribution in [-0.2, 0) is 16.6 Å². The van der Waals surface area contributed by atoms with Crippen molar-refractivity contribution in [3.8, 4) is 0 Å². The summed E-state index contributed by atoms with van der Waals surface area (Å²) in [5.41, 5.74) is 3.96. The highest BCUT2D eigenvalue weighted by Crippen LogP contribution is 2.22. The van der Waals surface area contributed by atoms with Crippen molar-refractivity contribution in [1.82, 2.24) is 10.2 Å². The van der Waals surface area contributed by atoms with Gasteiger partial charge in [0.25, 0.3) is 0 Å². The number of amides is 1. The van der Waals surface area contributed by atoms with Crippen LogP contribution in [0.3, 0.4) is 0 Å². The van der Waals surface area contributed by atoms with Crippen molar-refractivity contribution in [1.29, 1.82) is 0 Å². The first-order valence-electron chi connectivity index (χ1n) is 8.82. The Morgan fingerprint density at radius 1 is 1.16 bits per heavy atom. The monoisotopic (exact) mass is 358 g/mol. The van der Waals surface area contributed by atoms with E-state index in [2.05, 4.69) is 72.1 Å². The average Bonchev–Trinajstić information content (AvgIpc) is 3.06. The number of benzene rings is 1. The maximum absolute atomic E-state index is 12.2. The predicted octanol–water partition coefficient (Wildman–Crippen LogP) is 4.40. The fraction of sp³-hybridized carbons (Fsp3) is 0.476. The molecule has 0 radical (unpaired) electrons. The zero-order valence-electron chi connectivity index (χ0n) is 16.0. The Morgan fingerprint density at radius 2 is 1.84 bits per heavy atom. The maximum Gasteiger partial charge on any atom is 0.220 e. The molecule has 0 aliphatic rings. The van der Waals surface area contributed by atoms with Crippen molar-refractivity contribution in [2.75, 3.05) is 20.6 Å². The number of nitrogens with zero attached hydrogens (tertiary/aromatic N) is 1. The highest BCUT2D eigenvalue weighted by Gasteiger charge is 2.16. The van der Waals surface area contributed by atoms with E-state index in [0.29, 0.717) is 13.0 Å². The molecule has 0 saturated carbocycles. The minimum Gasteiger partial charge on any atom is -0.354 e. The quantitative estimate of drug-likeness (QED) is 0.796. The molecule has 25 heavy (non-hydrogen) atoms. The highest BCUT2D eigenvalue weighted by molar-refractivity contribution is 7.07. The molecule has 1 amide bonds. The third-order valence-electron chi connectivity index (χ3n) is 4.50. The summed E-state index contributed by atoms with van der Waals surface area (Å²) < 4.78 is 0. The lowest BCUT2D eigenvalue weighted by molar-refractivity contribution is -0.121. The van der Waals surface area contributed by atoms with Gasteiger partial charge in [0.05, 0.1) is 6.04 Å². The maximum atomic E-state index is 12.2. The van der Waals surface area contributed by atoms with Crippen molar-refractivity contribution >= 4 is 17.2 Å². The fourth-order valence-electron chi connectivity index (χ4n) is 2.79. The molecule has 0 spiro atoms. The molecule has 2 aromatic rings. The number of carbonyl (C=O) groups is 1. The molecule has 1 aromatic carbocycles. The molecule has 0 fully saturated rings. The molecule has 0 bridgehead atoms. The second-order valence-electron chi connectivity index (χ2n) is 7.79. The van der Waals surface area contributed by atoms with Gasteiger partial charge in [0.1, 0.15) is 0 Å². The molecule has 1 heterocycles. The lowest BCUT2D eigenvalue weighted by Crippen LogP contribution is -2.34. The smallest absolute Gasteiger partial charge is 0.220 e. The average molecular weight is 359 g/mol. The van der Waals surface area contributed by atoms with Crippen LogP contribution < -0.4 is 5.32 Å². The molecule has 0 aliphatic heterocycles. The second-order valence-corrected chi connectivity index (χ2v) is 8.57. The van der Waals surface area contributed by atoms with Crippen molar-refractivity contribution in [3.05, 3.63) is 57.8 Å². The summed E-state index contributed by atoms with van der Waals surface area (Å²) in [5, 5.41) is 7.31. The van der Waals surface area contributed by atoms with Gasteiger partial charge in [-0.15, -0.1) is 0 Å². The van der Waals surface area contributed by atoms with Gasteiger partial charge in [-0.1, -0.05) is 45.0 Å². The first kappa shape index (κ1) is 19.7. The van der Waals surface area contributed by atoms with Crippen LogP contribution >= 0.6 is 11.3 Å². The lowest BCUT2D eigenvalue weighted by atomic mass is 9.86. The van der Waals surface area contributed by atoms with Crippen molar-refractivity contribution in [3.63, 3.8) is 0 Å². The van der Waals surface area contributed by atoms with E-state index in [-0.39, 0.29) is 17.4 Å². The number of hydrogen-bond acceptors (Lipinski definition) is 3. The summed E-state index contributed by atoms with van der Waals surface area (Å²) in [6, 6.07) is 11.0. The lowest BCUT2D eigenvalue weighted by Gasteiger charge is -2.24. The van der Waals surface area contributed by atoms with Crippen LogP contribution in [0.15, 0.2) is 41.1 Å². The summed E-state index contributed by atoms with van der Waals surface area (Å²) in [6.45, 7) is 7.28. The normalized spacial score (nSPS) is 13.0. The number of hydrogen-bond donors (Lipinski definition) is 1. The van der Waals surface area contributed by atoms with Gasteiger partial charge in [-0.2, -0.15) is 11.3 Å². The molecule has 4 heteroatoms. The number of nitrogens with one attached hydrogen (secondary N) is 1. The van der Waals surface area contributed by atoms with Gasteiger partial charge in [-0.25, -0.2) is 0 Å². The summed E-state index contributed by atoms with van der Waals surface area (Å²) >= 11 is 1.69. The first-order valence-corrected chi connectivity index (χ1v) is 9.76. The molecule has 136 valence electrons. The van der Waals surface area contributed by atoms with Gasteiger partial charge in [0.15, 0.2) is 0 Å². The Kier molecular flexibility index (Phi) is 6.79. The van der Waals surface area contributed by atoms with E-state index in [4.69, 9.17) is 0 Å². The van der Waals surface area contributed by atoms with Crippen LogP contribution in [-0.4, -0.2) is 31.4 Å². The molecule has 3 nitrogen and oxygen atoms in total. The summed E-state index contributed by atoms with van der Waals surface area (Å²) in [4.78, 5) is 14.4. The summed E-state index contributed by atoms with van der Waals surface area (Å²) in [7, 11) is 4.09. The molecule has 0 saturated heterocycles. The van der Waals surface area contributed by atoms with Crippen LogP contribution in [0.5, 0.6) is 0 Å². The van der Waals surface area contributed by atoms with Crippen LogP contribution in [0, 0.1) is 0 Å². The van der Waals surface area contributed by atoms with E-state index in [1.807, 2.05) is 14.1 Å². The van der Waals surface area contributed by atoms with Crippen LogP contribution in [0.2, 0.25) is 0 Å². The zero-order valence-corrected chi connectivity index (χ0v) is 16.8. The number of carbonyl (C=O) groups excluding carboxylic acids is 1. The number of aryl methyl sites for hydroxylation is 1. The standard InChI is InChI=1S/C21H30N2OS/c1-21(2,3)18-9-6-16(7-10-18)8-11-20(24)22-14-19(23(4)5)17-12-13-25-15-17/h6-7,9-10,12-13,15,19H,8,11,14H2,1-5H3,(H,22,24)/t19-/m0/s1. The molecule has 1 N–H and O–H groups in total. The minimum atomic E-state index is 0.113. The third kappa shape index (κ3) is 5.98. The third-order valence-corrected chi connectivity index (χ3v) is 5.21. The topological polar surface area (TPSA) is 32.3 Å². The Morgan fingerprint density at radius 3 is 2.36 bits per heavy atom. The predicted molar refractivity (Wildman–Crippen MR) is 107 cm³/mol.